The second-order valence-electron chi connectivity index (χ2n) is 3.13. The molecule has 0 heterocycles. The number of ether oxygens (including phenoxy) is 1. The molecule has 1 rings (SSSR count). The van der Waals surface area contributed by atoms with Crippen LogP contribution in [0.4, 0.5) is 0 Å². The van der Waals surface area contributed by atoms with E-state index in [0.29, 0.717) is 17.3 Å². The summed E-state index contributed by atoms with van der Waals surface area (Å²) >= 11 is 5.93. The van der Waals surface area contributed by atoms with Crippen LogP contribution in [0.15, 0.2) is 18.2 Å². The lowest BCUT2D eigenvalue weighted by Crippen LogP contribution is -2.13. The van der Waals surface area contributed by atoms with Crippen molar-refractivity contribution in [1.82, 2.24) is 0 Å². The minimum atomic E-state index is -0.500. The van der Waals surface area contributed by atoms with Crippen molar-refractivity contribution in [1.29, 1.82) is 0 Å². The Hall–Kier alpha value is -0.770. The summed E-state index contributed by atoms with van der Waals surface area (Å²) in [6.45, 7) is 2.35. The van der Waals surface area contributed by atoms with E-state index in [-0.39, 0.29) is 6.61 Å². The van der Waals surface area contributed by atoms with Crippen LogP contribution >= 0.6 is 11.6 Å². The van der Waals surface area contributed by atoms with Crippen LogP contribution in [0.1, 0.15) is 12.5 Å². The van der Waals surface area contributed by atoms with Crippen LogP contribution in [0, 0.1) is 0 Å². The fourth-order valence-electron chi connectivity index (χ4n) is 0.999. The molecule has 0 radical (unpaired) electrons. The highest BCUT2D eigenvalue weighted by Gasteiger charge is 2.03. The molecule has 78 valence electrons. The number of halogens is 1. The Kier molecular flexibility index (Phi) is 4.20. The van der Waals surface area contributed by atoms with E-state index in [1.165, 1.54) is 0 Å². The number of aliphatic hydroxyl groups excluding tert-OH is 1. The molecule has 0 aromatic heterocycles. The third-order valence-electron chi connectivity index (χ3n) is 1.71. The Bertz CT molecular complexity index is 302. The van der Waals surface area contributed by atoms with Gasteiger partial charge in [0.2, 0.25) is 0 Å². The quantitative estimate of drug-likeness (QED) is 0.802. The van der Waals surface area contributed by atoms with Crippen LogP contribution in [0.25, 0.3) is 0 Å². The number of hydrogen-bond donors (Lipinski definition) is 2. The first kappa shape index (κ1) is 11.3. The van der Waals surface area contributed by atoms with Crippen molar-refractivity contribution in [3.8, 4) is 5.75 Å². The van der Waals surface area contributed by atoms with Crippen molar-refractivity contribution in [2.45, 2.75) is 19.6 Å². The third-order valence-corrected chi connectivity index (χ3v) is 2.01. The molecule has 0 spiro atoms. The van der Waals surface area contributed by atoms with E-state index in [1.54, 1.807) is 19.1 Å². The molecule has 0 bridgehead atoms. The predicted molar refractivity (Wildman–Crippen MR) is 56.5 cm³/mol. The highest BCUT2D eigenvalue weighted by molar-refractivity contribution is 6.32. The lowest BCUT2D eigenvalue weighted by atomic mass is 10.2. The van der Waals surface area contributed by atoms with Crippen LogP contribution in [0.3, 0.4) is 0 Å². The smallest absolute Gasteiger partial charge is 0.138 e. The van der Waals surface area contributed by atoms with Gasteiger partial charge >= 0.3 is 0 Å². The molecule has 0 aliphatic carbocycles. The maximum atomic E-state index is 9.02. The van der Waals surface area contributed by atoms with Crippen molar-refractivity contribution >= 4 is 11.6 Å². The van der Waals surface area contributed by atoms with Gasteiger partial charge in [-0.2, -0.15) is 0 Å². The van der Waals surface area contributed by atoms with Crippen LogP contribution in [0.5, 0.6) is 5.75 Å². The number of nitrogens with two attached hydrogens (primary N) is 1. The summed E-state index contributed by atoms with van der Waals surface area (Å²) in [5, 5.41) is 9.54. The number of benzene rings is 1. The van der Waals surface area contributed by atoms with E-state index in [1.807, 2.05) is 6.07 Å². The molecule has 0 saturated heterocycles. The van der Waals surface area contributed by atoms with E-state index < -0.39 is 6.10 Å². The maximum Gasteiger partial charge on any atom is 0.138 e. The summed E-state index contributed by atoms with van der Waals surface area (Å²) in [5.41, 5.74) is 6.41. The number of hydrogen-bond acceptors (Lipinski definition) is 3. The molecular weight excluding hydrogens is 202 g/mol. The van der Waals surface area contributed by atoms with Gasteiger partial charge in [0.25, 0.3) is 0 Å². The molecule has 1 aromatic rings. The first-order valence-corrected chi connectivity index (χ1v) is 4.80. The van der Waals surface area contributed by atoms with Crippen LogP contribution < -0.4 is 10.5 Å². The Morgan fingerprint density at radius 2 is 2.29 bits per heavy atom. The lowest BCUT2D eigenvalue weighted by Gasteiger charge is -2.10. The summed E-state index contributed by atoms with van der Waals surface area (Å²) in [6, 6.07) is 5.37. The van der Waals surface area contributed by atoms with E-state index in [0.717, 1.165) is 5.56 Å². The Balaban J connectivity index is 2.69. The average Bonchev–Trinajstić information content (AvgIpc) is 2.15. The fourth-order valence-corrected chi connectivity index (χ4v) is 1.26. The molecule has 4 heteroatoms. The molecule has 0 fully saturated rings. The van der Waals surface area contributed by atoms with Crippen molar-refractivity contribution in [2.24, 2.45) is 5.73 Å². The molecule has 3 N–H and O–H groups in total. The average molecular weight is 216 g/mol. The van der Waals surface area contributed by atoms with E-state index >= 15 is 0 Å². The molecule has 1 aromatic carbocycles. The van der Waals surface area contributed by atoms with Gasteiger partial charge in [0.15, 0.2) is 0 Å². The van der Waals surface area contributed by atoms with Gasteiger partial charge in [0.05, 0.1) is 11.1 Å². The first-order valence-electron chi connectivity index (χ1n) is 4.43. The monoisotopic (exact) mass is 215 g/mol. The highest BCUT2D eigenvalue weighted by atomic mass is 35.5. The minimum absolute atomic E-state index is 0.238. The zero-order valence-electron chi connectivity index (χ0n) is 8.03. The van der Waals surface area contributed by atoms with Crippen molar-refractivity contribution < 1.29 is 9.84 Å². The number of rotatable bonds is 4. The summed E-state index contributed by atoms with van der Waals surface area (Å²) in [5.74, 6) is 0.574. The van der Waals surface area contributed by atoms with Gasteiger partial charge in [0.1, 0.15) is 12.4 Å². The Labute approximate surface area is 88.4 Å². The SMILES string of the molecule is CC(O)COc1ccc(CN)cc1Cl. The summed E-state index contributed by atoms with van der Waals surface area (Å²) < 4.78 is 5.27. The van der Waals surface area contributed by atoms with Crippen molar-refractivity contribution in [3.05, 3.63) is 28.8 Å². The molecule has 14 heavy (non-hydrogen) atoms. The topological polar surface area (TPSA) is 55.5 Å². The van der Waals surface area contributed by atoms with Gasteiger partial charge in [-0.1, -0.05) is 17.7 Å². The molecule has 1 unspecified atom stereocenters. The standard InChI is InChI=1S/C10H14ClNO2/c1-7(13)6-14-10-3-2-8(5-12)4-9(10)11/h2-4,7,13H,5-6,12H2,1H3. The van der Waals surface area contributed by atoms with E-state index in [4.69, 9.17) is 27.2 Å². The molecule has 0 saturated carbocycles. The zero-order valence-corrected chi connectivity index (χ0v) is 8.79. The minimum Gasteiger partial charge on any atom is -0.489 e. The molecule has 3 nitrogen and oxygen atoms in total. The first-order chi connectivity index (χ1) is 6.63. The van der Waals surface area contributed by atoms with E-state index in [9.17, 15) is 0 Å². The van der Waals surface area contributed by atoms with Gasteiger partial charge in [-0.3, -0.25) is 0 Å². The van der Waals surface area contributed by atoms with Crippen molar-refractivity contribution in [2.75, 3.05) is 6.61 Å². The van der Waals surface area contributed by atoms with Crippen LogP contribution in [-0.2, 0) is 6.54 Å². The van der Waals surface area contributed by atoms with E-state index in [2.05, 4.69) is 0 Å². The maximum absolute atomic E-state index is 9.02. The lowest BCUT2D eigenvalue weighted by molar-refractivity contribution is 0.123. The Morgan fingerprint density at radius 3 is 2.79 bits per heavy atom. The fraction of sp³-hybridized carbons (Fsp3) is 0.400. The molecule has 0 aliphatic heterocycles. The predicted octanol–water partition coefficient (Wildman–Crippen LogP) is 1.56. The molecule has 0 amide bonds. The summed E-state index contributed by atoms with van der Waals surface area (Å²) in [4.78, 5) is 0. The van der Waals surface area contributed by atoms with Gasteiger partial charge in [-0.15, -0.1) is 0 Å². The second-order valence-corrected chi connectivity index (χ2v) is 3.54. The van der Waals surface area contributed by atoms with Crippen LogP contribution in [-0.4, -0.2) is 17.8 Å². The highest BCUT2D eigenvalue weighted by Crippen LogP contribution is 2.25. The number of aliphatic hydroxyl groups is 1. The molecular formula is C10H14ClNO2. The zero-order chi connectivity index (χ0) is 10.6. The second kappa shape index (κ2) is 5.20. The third kappa shape index (κ3) is 3.18. The van der Waals surface area contributed by atoms with Crippen molar-refractivity contribution in [3.63, 3.8) is 0 Å². The molecule has 1 atom stereocenters. The summed E-state index contributed by atoms with van der Waals surface area (Å²) in [7, 11) is 0. The van der Waals surface area contributed by atoms with Crippen LogP contribution in [0.2, 0.25) is 5.02 Å². The largest absolute Gasteiger partial charge is 0.489 e. The van der Waals surface area contributed by atoms with Gasteiger partial charge in [-0.05, 0) is 24.6 Å². The van der Waals surface area contributed by atoms with Gasteiger partial charge in [-0.25, -0.2) is 0 Å². The Morgan fingerprint density at radius 1 is 1.57 bits per heavy atom. The van der Waals surface area contributed by atoms with Gasteiger partial charge in [0, 0.05) is 6.54 Å². The van der Waals surface area contributed by atoms with Gasteiger partial charge < -0.3 is 15.6 Å². The normalized spacial score (nSPS) is 12.6. The summed E-state index contributed by atoms with van der Waals surface area (Å²) in [6.07, 6.45) is -0.500. The molecule has 0 aliphatic rings.